The van der Waals surface area contributed by atoms with Crippen molar-refractivity contribution in [1.29, 1.82) is 0 Å². The van der Waals surface area contributed by atoms with Gasteiger partial charge in [-0.1, -0.05) is 34.1 Å². The molecule has 0 aliphatic rings. The van der Waals surface area contributed by atoms with Gasteiger partial charge in [0.1, 0.15) is 0 Å². The molecule has 0 aromatic heterocycles. The molecular weight excluding hydrogens is 304 g/mol. The Morgan fingerprint density at radius 1 is 1.26 bits per heavy atom. The number of nitrogens with one attached hydrogen (secondary N) is 1. The second-order valence-electron chi connectivity index (χ2n) is 4.37. The maximum absolute atomic E-state index is 12.0. The van der Waals surface area contributed by atoms with E-state index in [1.165, 1.54) is 0 Å². The highest BCUT2D eigenvalue weighted by Crippen LogP contribution is 2.20. The molecule has 1 amide bonds. The summed E-state index contributed by atoms with van der Waals surface area (Å²) in [5.74, 6) is -0.0493. The van der Waals surface area contributed by atoms with Crippen LogP contribution in [0.3, 0.4) is 0 Å². The van der Waals surface area contributed by atoms with Crippen LogP contribution >= 0.6 is 15.9 Å². The van der Waals surface area contributed by atoms with E-state index in [4.69, 9.17) is 5.73 Å². The summed E-state index contributed by atoms with van der Waals surface area (Å²) in [5, 5.41) is 2.88. The van der Waals surface area contributed by atoms with Crippen molar-refractivity contribution in [1.82, 2.24) is 0 Å². The van der Waals surface area contributed by atoms with E-state index in [1.807, 2.05) is 49.4 Å². The third-order valence-electron chi connectivity index (χ3n) is 2.90. The molecule has 0 radical (unpaired) electrons. The maximum Gasteiger partial charge on any atom is 0.228 e. The highest BCUT2D eigenvalue weighted by atomic mass is 79.9. The second kappa shape index (κ2) is 5.89. The van der Waals surface area contributed by atoms with E-state index in [2.05, 4.69) is 21.2 Å². The zero-order valence-electron chi connectivity index (χ0n) is 10.6. The molecule has 0 heterocycles. The SMILES string of the molecule is Cc1c(N)cccc1NC(=O)Cc1cccc(Br)c1. The molecule has 2 rings (SSSR count). The largest absolute Gasteiger partial charge is 0.398 e. The fourth-order valence-corrected chi connectivity index (χ4v) is 2.26. The number of amides is 1. The molecule has 0 saturated heterocycles. The summed E-state index contributed by atoms with van der Waals surface area (Å²) in [6.45, 7) is 1.89. The van der Waals surface area contributed by atoms with Gasteiger partial charge in [-0.3, -0.25) is 4.79 Å². The first kappa shape index (κ1) is 13.6. The summed E-state index contributed by atoms with van der Waals surface area (Å²) in [7, 11) is 0. The van der Waals surface area contributed by atoms with Crippen molar-refractivity contribution in [3.05, 3.63) is 58.1 Å². The minimum Gasteiger partial charge on any atom is -0.398 e. The van der Waals surface area contributed by atoms with E-state index >= 15 is 0 Å². The van der Waals surface area contributed by atoms with Gasteiger partial charge < -0.3 is 11.1 Å². The van der Waals surface area contributed by atoms with E-state index in [-0.39, 0.29) is 5.91 Å². The lowest BCUT2D eigenvalue weighted by Crippen LogP contribution is -2.15. The monoisotopic (exact) mass is 318 g/mol. The predicted molar refractivity (Wildman–Crippen MR) is 82.1 cm³/mol. The molecule has 0 aliphatic heterocycles. The predicted octanol–water partition coefficient (Wildman–Crippen LogP) is 3.52. The Hall–Kier alpha value is -1.81. The maximum atomic E-state index is 12.0. The fraction of sp³-hybridized carbons (Fsp3) is 0.133. The normalized spacial score (nSPS) is 10.2. The number of carbonyl (C=O) groups is 1. The topological polar surface area (TPSA) is 55.1 Å². The van der Waals surface area contributed by atoms with E-state index in [0.717, 1.165) is 21.3 Å². The number of rotatable bonds is 3. The average Bonchev–Trinajstić information content (AvgIpc) is 2.35. The number of hydrogen-bond donors (Lipinski definition) is 2. The molecule has 0 atom stereocenters. The number of nitrogen functional groups attached to an aromatic ring is 1. The van der Waals surface area contributed by atoms with Crippen molar-refractivity contribution in [3.8, 4) is 0 Å². The van der Waals surface area contributed by atoms with Crippen molar-refractivity contribution < 1.29 is 4.79 Å². The Morgan fingerprint density at radius 3 is 2.74 bits per heavy atom. The number of halogens is 1. The Bertz CT molecular complexity index is 611. The number of hydrogen-bond acceptors (Lipinski definition) is 2. The number of nitrogens with two attached hydrogens (primary N) is 1. The highest BCUT2D eigenvalue weighted by Gasteiger charge is 2.07. The van der Waals surface area contributed by atoms with Crippen LogP contribution in [0.1, 0.15) is 11.1 Å². The highest BCUT2D eigenvalue weighted by molar-refractivity contribution is 9.10. The van der Waals surface area contributed by atoms with E-state index in [0.29, 0.717) is 12.1 Å². The molecule has 2 aromatic rings. The van der Waals surface area contributed by atoms with Gasteiger partial charge in [0.25, 0.3) is 0 Å². The second-order valence-corrected chi connectivity index (χ2v) is 5.29. The molecule has 0 aliphatic carbocycles. The summed E-state index contributed by atoms with van der Waals surface area (Å²) in [4.78, 5) is 12.0. The van der Waals surface area contributed by atoms with Crippen molar-refractivity contribution in [2.75, 3.05) is 11.1 Å². The standard InChI is InChI=1S/C15H15BrN2O/c1-10-13(17)6-3-7-14(10)18-15(19)9-11-4-2-5-12(16)8-11/h2-8H,9,17H2,1H3,(H,18,19). The van der Waals surface area contributed by atoms with Crippen LogP contribution in [0.2, 0.25) is 0 Å². The first-order valence-corrected chi connectivity index (χ1v) is 6.75. The van der Waals surface area contributed by atoms with Crippen LogP contribution in [0.15, 0.2) is 46.9 Å². The molecule has 0 spiro atoms. The van der Waals surface area contributed by atoms with E-state index in [1.54, 1.807) is 0 Å². The minimum atomic E-state index is -0.0493. The van der Waals surface area contributed by atoms with Crippen LogP contribution in [0.4, 0.5) is 11.4 Å². The smallest absolute Gasteiger partial charge is 0.228 e. The van der Waals surface area contributed by atoms with Gasteiger partial charge in [-0.2, -0.15) is 0 Å². The summed E-state index contributed by atoms with van der Waals surface area (Å²) >= 11 is 3.39. The molecular formula is C15H15BrN2O. The average molecular weight is 319 g/mol. The number of benzene rings is 2. The lowest BCUT2D eigenvalue weighted by atomic mass is 10.1. The van der Waals surface area contributed by atoms with Crippen LogP contribution in [-0.4, -0.2) is 5.91 Å². The van der Waals surface area contributed by atoms with Crippen molar-refractivity contribution in [2.24, 2.45) is 0 Å². The first-order valence-electron chi connectivity index (χ1n) is 5.95. The molecule has 0 bridgehead atoms. The van der Waals surface area contributed by atoms with Crippen LogP contribution < -0.4 is 11.1 Å². The van der Waals surface area contributed by atoms with E-state index < -0.39 is 0 Å². The molecule has 0 unspecified atom stereocenters. The lowest BCUT2D eigenvalue weighted by Gasteiger charge is -2.10. The number of carbonyl (C=O) groups excluding carboxylic acids is 1. The van der Waals surface area contributed by atoms with Gasteiger partial charge in [-0.25, -0.2) is 0 Å². The zero-order chi connectivity index (χ0) is 13.8. The van der Waals surface area contributed by atoms with Crippen LogP contribution in [0.5, 0.6) is 0 Å². The molecule has 2 aromatic carbocycles. The van der Waals surface area contributed by atoms with Gasteiger partial charge >= 0.3 is 0 Å². The van der Waals surface area contributed by atoms with Crippen LogP contribution in [0, 0.1) is 6.92 Å². The minimum absolute atomic E-state index is 0.0493. The van der Waals surface area contributed by atoms with Crippen molar-refractivity contribution in [3.63, 3.8) is 0 Å². The third kappa shape index (κ3) is 3.58. The fourth-order valence-electron chi connectivity index (χ4n) is 1.82. The Morgan fingerprint density at radius 2 is 2.00 bits per heavy atom. The zero-order valence-corrected chi connectivity index (χ0v) is 12.2. The molecule has 3 N–H and O–H groups in total. The third-order valence-corrected chi connectivity index (χ3v) is 3.40. The van der Waals surface area contributed by atoms with Gasteiger partial charge in [0.05, 0.1) is 6.42 Å². The summed E-state index contributed by atoms with van der Waals surface area (Å²) < 4.78 is 0.970. The lowest BCUT2D eigenvalue weighted by molar-refractivity contribution is -0.115. The van der Waals surface area contributed by atoms with Crippen molar-refractivity contribution >= 4 is 33.2 Å². The Labute approximate surface area is 121 Å². The van der Waals surface area contributed by atoms with Gasteiger partial charge in [0.2, 0.25) is 5.91 Å². The number of anilines is 2. The molecule has 98 valence electrons. The molecule has 3 nitrogen and oxygen atoms in total. The molecule has 0 fully saturated rings. The first-order chi connectivity index (χ1) is 9.06. The van der Waals surface area contributed by atoms with E-state index in [9.17, 15) is 4.79 Å². The summed E-state index contributed by atoms with van der Waals surface area (Å²) in [6.07, 6.45) is 0.341. The molecule has 19 heavy (non-hydrogen) atoms. The van der Waals surface area contributed by atoms with Crippen LogP contribution in [-0.2, 0) is 11.2 Å². The molecule has 4 heteroatoms. The summed E-state index contributed by atoms with van der Waals surface area (Å²) in [6, 6.07) is 13.2. The van der Waals surface area contributed by atoms with Crippen molar-refractivity contribution in [2.45, 2.75) is 13.3 Å². The Kier molecular flexibility index (Phi) is 4.22. The molecule has 0 saturated carbocycles. The van der Waals surface area contributed by atoms with Gasteiger partial charge in [0, 0.05) is 15.8 Å². The van der Waals surface area contributed by atoms with Crippen LogP contribution in [0.25, 0.3) is 0 Å². The Balaban J connectivity index is 2.08. The van der Waals surface area contributed by atoms with Gasteiger partial charge in [0.15, 0.2) is 0 Å². The van der Waals surface area contributed by atoms with Gasteiger partial charge in [-0.05, 0) is 42.3 Å². The van der Waals surface area contributed by atoms with Gasteiger partial charge in [-0.15, -0.1) is 0 Å². The quantitative estimate of drug-likeness (QED) is 0.851. The summed E-state index contributed by atoms with van der Waals surface area (Å²) in [5.41, 5.74) is 9.12.